The predicted molar refractivity (Wildman–Crippen MR) is 105 cm³/mol. The number of para-hydroxylation sites is 2. The summed E-state index contributed by atoms with van der Waals surface area (Å²) in [5, 5.41) is 6.23. The number of nitrogens with zero attached hydrogens (tertiary/aromatic N) is 2. The van der Waals surface area contributed by atoms with E-state index in [0.29, 0.717) is 16.5 Å². The van der Waals surface area contributed by atoms with Crippen molar-refractivity contribution < 1.29 is 19.1 Å². The van der Waals surface area contributed by atoms with E-state index < -0.39 is 18.0 Å². The van der Waals surface area contributed by atoms with E-state index in [0.717, 1.165) is 10.2 Å². The first-order valence-corrected chi connectivity index (χ1v) is 9.89. The van der Waals surface area contributed by atoms with Crippen LogP contribution in [0.25, 0.3) is 10.2 Å². The minimum atomic E-state index is -0.936. The third-order valence-electron chi connectivity index (χ3n) is 3.59. The highest BCUT2D eigenvalue weighted by Gasteiger charge is 2.19. The fourth-order valence-corrected chi connectivity index (χ4v) is 3.84. The molecule has 0 saturated carbocycles. The van der Waals surface area contributed by atoms with Crippen LogP contribution in [0.3, 0.4) is 0 Å². The highest BCUT2D eigenvalue weighted by atomic mass is 32.2. The molecule has 140 valence electrons. The molecule has 3 rings (SSSR count). The average molecular weight is 403 g/mol. The van der Waals surface area contributed by atoms with Crippen LogP contribution in [0.15, 0.2) is 47.1 Å². The fraction of sp³-hybridized carbons (Fsp3) is 0.222. The van der Waals surface area contributed by atoms with Crippen LogP contribution in [0.1, 0.15) is 6.92 Å². The number of carbonyl (C=O) groups excluding carboxylic acids is 2. The van der Waals surface area contributed by atoms with Crippen molar-refractivity contribution in [2.24, 2.45) is 0 Å². The lowest BCUT2D eigenvalue weighted by molar-refractivity contribution is -0.150. The number of esters is 1. The molecular formula is C18H17N3O4S2. The maximum Gasteiger partial charge on any atom is 0.317 e. The molecule has 1 aromatic carbocycles. The van der Waals surface area contributed by atoms with E-state index in [1.165, 1.54) is 43.5 Å². The van der Waals surface area contributed by atoms with E-state index in [1.807, 2.05) is 11.4 Å². The van der Waals surface area contributed by atoms with Gasteiger partial charge in [-0.25, -0.2) is 9.97 Å². The molecule has 27 heavy (non-hydrogen) atoms. The summed E-state index contributed by atoms with van der Waals surface area (Å²) in [6.45, 7) is 1.52. The molecule has 0 radical (unpaired) electrons. The molecule has 0 bridgehead atoms. The van der Waals surface area contributed by atoms with Crippen molar-refractivity contribution in [1.82, 2.24) is 9.97 Å². The van der Waals surface area contributed by atoms with Crippen molar-refractivity contribution in [2.45, 2.75) is 18.1 Å². The summed E-state index contributed by atoms with van der Waals surface area (Å²) in [5.41, 5.74) is 0.517. The van der Waals surface area contributed by atoms with Crippen LogP contribution in [0.5, 0.6) is 5.75 Å². The molecule has 9 heteroatoms. The van der Waals surface area contributed by atoms with Crippen molar-refractivity contribution in [3.8, 4) is 5.75 Å². The number of hydrogen-bond acceptors (Lipinski definition) is 8. The lowest BCUT2D eigenvalue weighted by Gasteiger charge is -2.15. The zero-order valence-electron chi connectivity index (χ0n) is 14.7. The number of benzene rings is 1. The first-order valence-electron chi connectivity index (χ1n) is 8.03. The standard InChI is InChI=1S/C18H17N3O4S2/c1-11(16(23)21-13-5-3-4-6-14(13)24-2)25-15(22)9-27-18-12-7-8-26-17(12)19-10-20-18/h3-8,10-11H,9H2,1-2H3,(H,21,23)/t11-/m1/s1. The quantitative estimate of drug-likeness (QED) is 0.367. The minimum absolute atomic E-state index is 0.0498. The van der Waals surface area contributed by atoms with E-state index in [9.17, 15) is 9.59 Å². The number of thiophene rings is 1. The zero-order valence-corrected chi connectivity index (χ0v) is 16.3. The molecule has 2 aromatic heterocycles. The van der Waals surface area contributed by atoms with Gasteiger partial charge in [0.15, 0.2) is 6.10 Å². The maximum atomic E-state index is 12.3. The number of aromatic nitrogens is 2. The summed E-state index contributed by atoms with van der Waals surface area (Å²) >= 11 is 2.77. The molecule has 7 nitrogen and oxygen atoms in total. The molecule has 0 saturated heterocycles. The van der Waals surface area contributed by atoms with Gasteiger partial charge in [0.1, 0.15) is 21.9 Å². The monoisotopic (exact) mass is 403 g/mol. The normalized spacial score (nSPS) is 11.8. The van der Waals surface area contributed by atoms with Gasteiger partial charge in [-0.1, -0.05) is 23.9 Å². The Balaban J connectivity index is 1.54. The molecule has 0 aliphatic carbocycles. The van der Waals surface area contributed by atoms with Gasteiger partial charge in [-0.3, -0.25) is 9.59 Å². The van der Waals surface area contributed by atoms with Gasteiger partial charge in [0.05, 0.1) is 18.6 Å². The molecule has 0 aliphatic heterocycles. The summed E-state index contributed by atoms with van der Waals surface area (Å²) in [6, 6.07) is 8.93. The van der Waals surface area contributed by atoms with Crippen molar-refractivity contribution in [1.29, 1.82) is 0 Å². The van der Waals surface area contributed by atoms with Gasteiger partial charge < -0.3 is 14.8 Å². The van der Waals surface area contributed by atoms with Gasteiger partial charge in [-0.15, -0.1) is 11.3 Å². The van der Waals surface area contributed by atoms with Gasteiger partial charge in [0.2, 0.25) is 0 Å². The summed E-state index contributed by atoms with van der Waals surface area (Å²) < 4.78 is 10.4. The Morgan fingerprint density at radius 2 is 2.07 bits per heavy atom. The molecule has 1 amide bonds. The number of fused-ring (bicyclic) bond motifs is 1. The van der Waals surface area contributed by atoms with Crippen LogP contribution >= 0.6 is 23.1 Å². The second kappa shape index (κ2) is 8.83. The van der Waals surface area contributed by atoms with Crippen LogP contribution in [-0.2, 0) is 14.3 Å². The fourth-order valence-electron chi connectivity index (χ4n) is 2.28. The first kappa shape index (κ1) is 19.1. The highest BCUT2D eigenvalue weighted by molar-refractivity contribution is 8.00. The Labute approximate surface area is 164 Å². The number of ether oxygens (including phenoxy) is 2. The Morgan fingerprint density at radius 3 is 2.89 bits per heavy atom. The molecule has 0 fully saturated rings. The van der Waals surface area contributed by atoms with Gasteiger partial charge in [0, 0.05) is 5.39 Å². The maximum absolute atomic E-state index is 12.3. The molecular weight excluding hydrogens is 386 g/mol. The molecule has 3 aromatic rings. The Morgan fingerprint density at radius 1 is 1.26 bits per heavy atom. The zero-order chi connectivity index (χ0) is 19.2. The van der Waals surface area contributed by atoms with Crippen LogP contribution in [0.4, 0.5) is 5.69 Å². The SMILES string of the molecule is COc1ccccc1NC(=O)[C@@H](C)OC(=O)CSc1ncnc2sccc12. The summed E-state index contributed by atoms with van der Waals surface area (Å²) in [5.74, 6) is -0.345. The first-order chi connectivity index (χ1) is 13.1. The largest absolute Gasteiger partial charge is 0.495 e. The van der Waals surface area contributed by atoms with E-state index >= 15 is 0 Å². The van der Waals surface area contributed by atoms with Crippen LogP contribution < -0.4 is 10.1 Å². The summed E-state index contributed by atoms with van der Waals surface area (Å²) in [6.07, 6.45) is 0.532. The van der Waals surface area contributed by atoms with E-state index in [-0.39, 0.29) is 5.75 Å². The summed E-state index contributed by atoms with van der Waals surface area (Å²) in [7, 11) is 1.52. The molecule has 0 aliphatic rings. The third kappa shape index (κ3) is 4.75. The Hall–Kier alpha value is -2.65. The number of amides is 1. The Bertz CT molecular complexity index is 960. The number of hydrogen-bond donors (Lipinski definition) is 1. The lowest BCUT2D eigenvalue weighted by atomic mass is 10.2. The van der Waals surface area contributed by atoms with Gasteiger partial charge in [-0.2, -0.15) is 0 Å². The number of methoxy groups -OCH3 is 1. The lowest BCUT2D eigenvalue weighted by Crippen LogP contribution is -2.30. The van der Waals surface area contributed by atoms with Gasteiger partial charge in [-0.05, 0) is 30.5 Å². The highest BCUT2D eigenvalue weighted by Crippen LogP contribution is 2.28. The second-order valence-corrected chi connectivity index (χ2v) is 7.29. The van der Waals surface area contributed by atoms with Crippen LogP contribution in [0, 0.1) is 0 Å². The smallest absolute Gasteiger partial charge is 0.317 e. The number of anilines is 1. The average Bonchev–Trinajstić information content (AvgIpc) is 3.16. The molecule has 2 heterocycles. The molecule has 1 N–H and O–H groups in total. The number of rotatable bonds is 7. The van der Waals surface area contributed by atoms with E-state index in [4.69, 9.17) is 9.47 Å². The van der Waals surface area contributed by atoms with Crippen molar-refractivity contribution in [3.05, 3.63) is 42.0 Å². The molecule has 0 spiro atoms. The van der Waals surface area contributed by atoms with Crippen LogP contribution in [0.2, 0.25) is 0 Å². The van der Waals surface area contributed by atoms with Gasteiger partial charge in [0.25, 0.3) is 5.91 Å². The van der Waals surface area contributed by atoms with E-state index in [2.05, 4.69) is 15.3 Å². The predicted octanol–water partition coefficient (Wildman–Crippen LogP) is 3.36. The van der Waals surface area contributed by atoms with Gasteiger partial charge >= 0.3 is 5.97 Å². The third-order valence-corrected chi connectivity index (χ3v) is 5.39. The molecule has 0 unspecified atom stereocenters. The van der Waals surface area contributed by atoms with Crippen LogP contribution in [-0.4, -0.2) is 40.8 Å². The number of thioether (sulfide) groups is 1. The molecule has 1 atom stereocenters. The van der Waals surface area contributed by atoms with Crippen molar-refractivity contribution in [2.75, 3.05) is 18.2 Å². The second-order valence-electron chi connectivity index (χ2n) is 5.43. The minimum Gasteiger partial charge on any atom is -0.495 e. The van der Waals surface area contributed by atoms with E-state index in [1.54, 1.807) is 24.3 Å². The van der Waals surface area contributed by atoms with Crippen molar-refractivity contribution in [3.63, 3.8) is 0 Å². The topological polar surface area (TPSA) is 90.4 Å². The summed E-state index contributed by atoms with van der Waals surface area (Å²) in [4.78, 5) is 33.6. The van der Waals surface area contributed by atoms with Crippen molar-refractivity contribution >= 4 is 50.9 Å². The Kier molecular flexibility index (Phi) is 6.25. The number of nitrogens with one attached hydrogen (secondary N) is 1. The number of carbonyl (C=O) groups is 2.